The lowest BCUT2D eigenvalue weighted by molar-refractivity contribution is -0.143. The van der Waals surface area contributed by atoms with Gasteiger partial charge < -0.3 is 10.0 Å². The number of nitrogens with one attached hydrogen (secondary N) is 1. The molecule has 1 amide bonds. The van der Waals surface area contributed by atoms with E-state index >= 15 is 0 Å². The molecule has 3 rings (SSSR count). The maximum absolute atomic E-state index is 14.0. The van der Waals surface area contributed by atoms with Gasteiger partial charge in [0.1, 0.15) is 11.6 Å². The summed E-state index contributed by atoms with van der Waals surface area (Å²) in [4.78, 5) is 25.1. The number of aliphatic carboxylic acids is 1. The number of aromatic amines is 1. The van der Waals surface area contributed by atoms with Crippen LogP contribution in [-0.4, -0.2) is 45.2 Å². The first kappa shape index (κ1) is 16.1. The number of benzene rings is 1. The quantitative estimate of drug-likeness (QED) is 0.901. The van der Waals surface area contributed by atoms with Gasteiger partial charge in [0, 0.05) is 13.1 Å². The largest absolute Gasteiger partial charge is 0.481 e. The molecular weight excluding hydrogens is 320 g/mol. The van der Waals surface area contributed by atoms with Crippen LogP contribution in [0.15, 0.2) is 24.4 Å². The highest BCUT2D eigenvalue weighted by molar-refractivity contribution is 6.00. The average Bonchev–Trinajstić information content (AvgIpc) is 3.03. The van der Waals surface area contributed by atoms with Gasteiger partial charge in [0.2, 0.25) is 0 Å². The fourth-order valence-corrected chi connectivity index (χ4v) is 2.88. The summed E-state index contributed by atoms with van der Waals surface area (Å²) < 4.78 is 27.9. The number of carboxylic acids is 1. The summed E-state index contributed by atoms with van der Waals surface area (Å²) >= 11 is 0. The molecule has 1 aromatic heterocycles. The number of carboxylic acid groups (broad SMARTS) is 1. The minimum Gasteiger partial charge on any atom is -0.481 e. The second-order valence-corrected chi connectivity index (χ2v) is 5.66. The van der Waals surface area contributed by atoms with Crippen molar-refractivity contribution < 1.29 is 23.5 Å². The number of nitrogens with zero attached hydrogens (tertiary/aromatic N) is 2. The first-order chi connectivity index (χ1) is 11.5. The maximum Gasteiger partial charge on any atom is 0.306 e. The van der Waals surface area contributed by atoms with Crippen LogP contribution < -0.4 is 0 Å². The summed E-state index contributed by atoms with van der Waals surface area (Å²) in [7, 11) is 0. The number of hydrogen-bond acceptors (Lipinski definition) is 3. The van der Waals surface area contributed by atoms with E-state index in [2.05, 4.69) is 10.2 Å². The number of hydrogen-bond donors (Lipinski definition) is 2. The molecule has 2 aromatic rings. The number of halogens is 2. The van der Waals surface area contributed by atoms with Gasteiger partial charge in [-0.2, -0.15) is 5.10 Å². The van der Waals surface area contributed by atoms with Crippen molar-refractivity contribution in [3.05, 3.63) is 41.6 Å². The lowest BCUT2D eigenvalue weighted by Crippen LogP contribution is -2.40. The van der Waals surface area contributed by atoms with Gasteiger partial charge in [0.05, 0.1) is 28.9 Å². The van der Waals surface area contributed by atoms with E-state index in [1.54, 1.807) is 0 Å². The molecule has 1 fully saturated rings. The van der Waals surface area contributed by atoms with Crippen molar-refractivity contribution in [3.8, 4) is 11.3 Å². The maximum atomic E-state index is 14.0. The van der Waals surface area contributed by atoms with Gasteiger partial charge in [-0.15, -0.1) is 0 Å². The number of H-pyrrole nitrogens is 1. The molecule has 24 heavy (non-hydrogen) atoms. The van der Waals surface area contributed by atoms with Crippen LogP contribution in [0.5, 0.6) is 0 Å². The molecule has 0 saturated carbocycles. The molecule has 2 heterocycles. The first-order valence-corrected chi connectivity index (χ1v) is 7.49. The number of carbonyl (C=O) groups is 2. The Labute approximate surface area is 136 Å². The normalized spacial score (nSPS) is 15.5. The molecule has 0 unspecified atom stereocenters. The Morgan fingerprint density at radius 1 is 1.21 bits per heavy atom. The number of carbonyl (C=O) groups excluding carboxylic acids is 1. The van der Waals surface area contributed by atoms with Crippen molar-refractivity contribution in [2.45, 2.75) is 12.8 Å². The minimum absolute atomic E-state index is 0.0176. The molecule has 0 bridgehead atoms. The van der Waals surface area contributed by atoms with Gasteiger partial charge in [-0.25, -0.2) is 8.78 Å². The molecule has 1 aliphatic heterocycles. The van der Waals surface area contributed by atoms with E-state index in [9.17, 15) is 18.4 Å². The summed E-state index contributed by atoms with van der Waals surface area (Å²) in [6.45, 7) is 0.556. The SMILES string of the molecule is O=C(O)C1CCN(C(=O)c2cn[nH]c2-c2c(F)cccc2F)CC1. The van der Waals surface area contributed by atoms with Gasteiger partial charge in [-0.3, -0.25) is 14.7 Å². The van der Waals surface area contributed by atoms with Gasteiger partial charge >= 0.3 is 5.97 Å². The second kappa shape index (κ2) is 6.38. The van der Waals surface area contributed by atoms with E-state index < -0.39 is 29.4 Å². The third kappa shape index (κ3) is 2.86. The highest BCUT2D eigenvalue weighted by Gasteiger charge is 2.30. The molecule has 8 heteroatoms. The standard InChI is InChI=1S/C16H15F2N3O3/c17-11-2-1-3-12(18)13(11)14-10(8-19-20-14)15(22)21-6-4-9(5-7-21)16(23)24/h1-3,8-9H,4-7H2,(H,19,20)(H,23,24). The number of likely N-dealkylation sites (tertiary alicyclic amines) is 1. The van der Waals surface area contributed by atoms with E-state index in [4.69, 9.17) is 5.11 Å². The third-order valence-corrected chi connectivity index (χ3v) is 4.21. The number of aromatic nitrogens is 2. The highest BCUT2D eigenvalue weighted by Crippen LogP contribution is 2.28. The Kier molecular flexibility index (Phi) is 4.28. The molecule has 1 aliphatic rings. The van der Waals surface area contributed by atoms with E-state index in [0.717, 1.165) is 12.1 Å². The summed E-state index contributed by atoms with van der Waals surface area (Å²) in [5, 5.41) is 15.2. The smallest absolute Gasteiger partial charge is 0.306 e. The Bertz CT molecular complexity index is 762. The molecule has 126 valence electrons. The molecule has 1 saturated heterocycles. The summed E-state index contributed by atoms with van der Waals surface area (Å²) in [6.07, 6.45) is 1.93. The van der Waals surface area contributed by atoms with Crippen molar-refractivity contribution in [1.29, 1.82) is 0 Å². The number of rotatable bonds is 3. The summed E-state index contributed by atoms with van der Waals surface area (Å²) in [6, 6.07) is 3.44. The second-order valence-electron chi connectivity index (χ2n) is 5.66. The molecule has 0 spiro atoms. The lowest BCUT2D eigenvalue weighted by Gasteiger charge is -2.30. The van der Waals surface area contributed by atoms with Gasteiger partial charge in [-0.1, -0.05) is 6.07 Å². The zero-order chi connectivity index (χ0) is 17.3. The van der Waals surface area contributed by atoms with E-state index in [-0.39, 0.29) is 29.9 Å². The zero-order valence-corrected chi connectivity index (χ0v) is 12.6. The molecule has 0 atom stereocenters. The number of amides is 1. The Balaban J connectivity index is 1.86. The number of piperidine rings is 1. The van der Waals surface area contributed by atoms with Crippen LogP contribution in [0.1, 0.15) is 23.2 Å². The molecular formula is C16H15F2N3O3. The van der Waals surface area contributed by atoms with Crippen LogP contribution in [0.4, 0.5) is 8.78 Å². The third-order valence-electron chi connectivity index (χ3n) is 4.21. The molecule has 6 nitrogen and oxygen atoms in total. The van der Waals surface area contributed by atoms with Crippen LogP contribution in [0.3, 0.4) is 0 Å². The van der Waals surface area contributed by atoms with Crippen LogP contribution in [0, 0.1) is 17.6 Å². The van der Waals surface area contributed by atoms with Crippen molar-refractivity contribution in [1.82, 2.24) is 15.1 Å². The topological polar surface area (TPSA) is 86.3 Å². The van der Waals surface area contributed by atoms with Gasteiger partial charge in [-0.05, 0) is 25.0 Å². The van der Waals surface area contributed by atoms with E-state index in [1.807, 2.05) is 0 Å². The van der Waals surface area contributed by atoms with Crippen molar-refractivity contribution in [2.24, 2.45) is 5.92 Å². The van der Waals surface area contributed by atoms with Crippen molar-refractivity contribution in [3.63, 3.8) is 0 Å². The molecule has 0 aliphatic carbocycles. The molecule has 0 radical (unpaired) electrons. The lowest BCUT2D eigenvalue weighted by atomic mass is 9.96. The Morgan fingerprint density at radius 3 is 2.42 bits per heavy atom. The predicted molar refractivity (Wildman–Crippen MR) is 80.2 cm³/mol. The van der Waals surface area contributed by atoms with Gasteiger partial charge in [0.15, 0.2) is 0 Å². The Morgan fingerprint density at radius 2 is 1.83 bits per heavy atom. The zero-order valence-electron chi connectivity index (χ0n) is 12.6. The first-order valence-electron chi connectivity index (χ1n) is 7.49. The van der Waals surface area contributed by atoms with Crippen LogP contribution in [0.25, 0.3) is 11.3 Å². The average molecular weight is 335 g/mol. The summed E-state index contributed by atoms with van der Waals surface area (Å²) in [5.41, 5.74) is -0.289. The highest BCUT2D eigenvalue weighted by atomic mass is 19.1. The predicted octanol–water partition coefficient (Wildman–Crippen LogP) is 2.29. The monoisotopic (exact) mass is 335 g/mol. The van der Waals surface area contributed by atoms with Crippen molar-refractivity contribution in [2.75, 3.05) is 13.1 Å². The Hall–Kier alpha value is -2.77. The van der Waals surface area contributed by atoms with Gasteiger partial charge in [0.25, 0.3) is 5.91 Å². The minimum atomic E-state index is -0.875. The van der Waals surface area contributed by atoms with E-state index in [1.165, 1.54) is 17.2 Å². The fourth-order valence-electron chi connectivity index (χ4n) is 2.88. The van der Waals surface area contributed by atoms with Crippen LogP contribution >= 0.6 is 0 Å². The van der Waals surface area contributed by atoms with Crippen molar-refractivity contribution >= 4 is 11.9 Å². The van der Waals surface area contributed by atoms with Crippen LogP contribution in [-0.2, 0) is 4.79 Å². The fraction of sp³-hybridized carbons (Fsp3) is 0.312. The van der Waals surface area contributed by atoms with Crippen LogP contribution in [0.2, 0.25) is 0 Å². The molecule has 1 aromatic carbocycles. The summed E-state index contributed by atoms with van der Waals surface area (Å²) in [5.74, 6) is -3.36. The van der Waals surface area contributed by atoms with E-state index in [0.29, 0.717) is 12.8 Å². The molecule has 2 N–H and O–H groups in total.